The van der Waals surface area contributed by atoms with Crippen LogP contribution in [0.4, 0.5) is 4.39 Å². The number of aliphatic hydroxyl groups excluding tert-OH is 1. The first-order chi connectivity index (χ1) is 15.9. The summed E-state index contributed by atoms with van der Waals surface area (Å²) in [5, 5.41) is 11.2. The third-order valence-electron chi connectivity index (χ3n) is 5.55. The average Bonchev–Trinajstić information content (AvgIpc) is 3.06. The van der Waals surface area contributed by atoms with Gasteiger partial charge in [0.25, 0.3) is 11.7 Å². The molecule has 1 amide bonds. The highest BCUT2D eigenvalue weighted by atomic mass is 19.1. The summed E-state index contributed by atoms with van der Waals surface area (Å²) in [4.78, 5) is 31.6. The lowest BCUT2D eigenvalue weighted by Crippen LogP contribution is -2.29. The van der Waals surface area contributed by atoms with Crippen molar-refractivity contribution in [3.8, 4) is 5.75 Å². The molecular formula is C26H23FN2O4. The highest BCUT2D eigenvalue weighted by Crippen LogP contribution is 2.40. The summed E-state index contributed by atoms with van der Waals surface area (Å²) in [7, 11) is 0. The second-order valence-corrected chi connectivity index (χ2v) is 7.75. The van der Waals surface area contributed by atoms with Crippen molar-refractivity contribution < 1.29 is 23.8 Å². The van der Waals surface area contributed by atoms with Gasteiger partial charge in [0.05, 0.1) is 18.2 Å². The Morgan fingerprint density at radius 3 is 2.55 bits per heavy atom. The number of halogens is 1. The van der Waals surface area contributed by atoms with Crippen LogP contribution in [-0.4, -0.2) is 33.3 Å². The van der Waals surface area contributed by atoms with Gasteiger partial charge in [0.1, 0.15) is 17.3 Å². The first kappa shape index (κ1) is 22.2. The van der Waals surface area contributed by atoms with Gasteiger partial charge in [-0.2, -0.15) is 0 Å². The van der Waals surface area contributed by atoms with Gasteiger partial charge in [-0.3, -0.25) is 14.6 Å². The van der Waals surface area contributed by atoms with Crippen molar-refractivity contribution in [2.45, 2.75) is 26.4 Å². The molecule has 2 aromatic carbocycles. The van der Waals surface area contributed by atoms with Crippen LogP contribution in [0.2, 0.25) is 0 Å². The minimum Gasteiger partial charge on any atom is -0.507 e. The van der Waals surface area contributed by atoms with Crippen LogP contribution in [0.3, 0.4) is 0 Å². The first-order valence-corrected chi connectivity index (χ1v) is 10.6. The number of aliphatic hydroxyl groups is 1. The standard InChI is InChI=1S/C26H23FN2O4/c1-3-33-21-11-8-19(13-16(21)2)24(30)22-23(18-6-9-20(27)10-7-18)29(26(32)25(22)31)15-17-5-4-12-28-14-17/h4-14,23,30H,3,15H2,1-2H3/t23-/m0/s1. The lowest BCUT2D eigenvalue weighted by Gasteiger charge is -2.25. The third kappa shape index (κ3) is 4.35. The predicted octanol–water partition coefficient (Wildman–Crippen LogP) is 4.55. The lowest BCUT2D eigenvalue weighted by molar-refractivity contribution is -0.140. The van der Waals surface area contributed by atoms with Crippen molar-refractivity contribution >= 4 is 17.4 Å². The number of aryl methyl sites for hydroxylation is 1. The Hall–Kier alpha value is -4.00. The quantitative estimate of drug-likeness (QED) is 0.341. The molecule has 0 saturated carbocycles. The fourth-order valence-corrected chi connectivity index (χ4v) is 3.99. The van der Waals surface area contributed by atoms with Crippen molar-refractivity contribution in [2.24, 2.45) is 0 Å². The van der Waals surface area contributed by atoms with Gasteiger partial charge in [-0.15, -0.1) is 0 Å². The van der Waals surface area contributed by atoms with Crippen LogP contribution in [0.15, 0.2) is 72.6 Å². The zero-order valence-electron chi connectivity index (χ0n) is 18.3. The summed E-state index contributed by atoms with van der Waals surface area (Å²) >= 11 is 0. The highest BCUT2D eigenvalue weighted by Gasteiger charge is 2.46. The molecule has 0 unspecified atom stereocenters. The number of benzene rings is 2. The number of ether oxygens (including phenoxy) is 1. The number of rotatable bonds is 6. The van der Waals surface area contributed by atoms with Gasteiger partial charge in [0, 0.05) is 24.5 Å². The van der Waals surface area contributed by atoms with E-state index in [4.69, 9.17) is 4.74 Å². The number of amides is 1. The number of ketones is 1. The molecule has 6 nitrogen and oxygen atoms in total. The summed E-state index contributed by atoms with van der Waals surface area (Å²) in [5.41, 5.74) is 2.37. The minimum atomic E-state index is -0.877. The third-order valence-corrected chi connectivity index (χ3v) is 5.55. The molecule has 0 spiro atoms. The van der Waals surface area contributed by atoms with E-state index in [-0.39, 0.29) is 17.9 Å². The number of hydrogen-bond acceptors (Lipinski definition) is 5. The van der Waals surface area contributed by atoms with Crippen LogP contribution in [0, 0.1) is 12.7 Å². The monoisotopic (exact) mass is 446 g/mol. The van der Waals surface area contributed by atoms with E-state index in [1.807, 2.05) is 13.8 Å². The van der Waals surface area contributed by atoms with E-state index in [0.717, 1.165) is 11.1 Å². The Kier molecular flexibility index (Phi) is 6.22. The second kappa shape index (κ2) is 9.24. The summed E-state index contributed by atoms with van der Waals surface area (Å²) in [6.07, 6.45) is 3.22. The summed E-state index contributed by atoms with van der Waals surface area (Å²) < 4.78 is 19.2. The number of aromatic nitrogens is 1. The predicted molar refractivity (Wildman–Crippen MR) is 121 cm³/mol. The topological polar surface area (TPSA) is 79.7 Å². The molecule has 0 bridgehead atoms. The normalized spacial score (nSPS) is 17.4. The number of likely N-dealkylation sites (tertiary alicyclic amines) is 1. The van der Waals surface area contributed by atoms with Crippen LogP contribution in [0.1, 0.15) is 35.2 Å². The largest absolute Gasteiger partial charge is 0.507 e. The van der Waals surface area contributed by atoms with E-state index in [2.05, 4.69) is 4.98 Å². The van der Waals surface area contributed by atoms with Crippen molar-refractivity contribution in [2.75, 3.05) is 6.61 Å². The van der Waals surface area contributed by atoms with E-state index < -0.39 is 23.5 Å². The molecule has 1 fully saturated rings. The molecule has 1 atom stereocenters. The summed E-state index contributed by atoms with van der Waals surface area (Å²) in [5.74, 6) is -1.59. The van der Waals surface area contributed by atoms with Gasteiger partial charge in [-0.1, -0.05) is 18.2 Å². The van der Waals surface area contributed by atoms with Crippen LogP contribution in [-0.2, 0) is 16.1 Å². The molecule has 4 rings (SSSR count). The molecule has 1 aliphatic rings. The number of Topliss-reactive ketones (excluding diaryl/α,β-unsaturated/α-hetero) is 1. The number of nitrogens with zero attached hydrogens (tertiary/aromatic N) is 2. The van der Waals surface area contributed by atoms with E-state index in [0.29, 0.717) is 23.5 Å². The smallest absolute Gasteiger partial charge is 0.295 e. The maximum Gasteiger partial charge on any atom is 0.295 e. The minimum absolute atomic E-state index is 0.0425. The van der Waals surface area contributed by atoms with E-state index in [1.54, 1.807) is 42.7 Å². The van der Waals surface area contributed by atoms with E-state index in [1.165, 1.54) is 29.2 Å². The molecule has 0 aliphatic carbocycles. The number of pyridine rings is 1. The molecule has 7 heteroatoms. The van der Waals surface area contributed by atoms with Crippen LogP contribution >= 0.6 is 0 Å². The molecule has 2 heterocycles. The van der Waals surface area contributed by atoms with Gasteiger partial charge in [-0.25, -0.2) is 4.39 Å². The number of hydrogen-bond donors (Lipinski definition) is 1. The van der Waals surface area contributed by atoms with Gasteiger partial charge >= 0.3 is 0 Å². The number of carbonyl (C=O) groups excluding carboxylic acids is 2. The first-order valence-electron chi connectivity index (χ1n) is 10.6. The molecule has 1 saturated heterocycles. The molecular weight excluding hydrogens is 423 g/mol. The molecule has 33 heavy (non-hydrogen) atoms. The maximum atomic E-state index is 13.6. The summed E-state index contributed by atoms with van der Waals surface area (Å²) in [6.45, 7) is 4.32. The molecule has 3 aromatic rings. The van der Waals surface area contributed by atoms with Crippen molar-refractivity contribution in [1.29, 1.82) is 0 Å². The van der Waals surface area contributed by atoms with E-state index >= 15 is 0 Å². The zero-order chi connectivity index (χ0) is 23.5. The number of carbonyl (C=O) groups is 2. The van der Waals surface area contributed by atoms with Gasteiger partial charge in [0.15, 0.2) is 0 Å². The van der Waals surface area contributed by atoms with Gasteiger partial charge in [0.2, 0.25) is 0 Å². The lowest BCUT2D eigenvalue weighted by atomic mass is 9.94. The highest BCUT2D eigenvalue weighted by molar-refractivity contribution is 6.46. The SMILES string of the molecule is CCOc1ccc(C(O)=C2C(=O)C(=O)N(Cc3cccnc3)[C@H]2c2ccc(F)cc2)cc1C. The average molecular weight is 446 g/mol. The molecule has 1 aliphatic heterocycles. The van der Waals surface area contributed by atoms with Crippen molar-refractivity contribution in [1.82, 2.24) is 9.88 Å². The van der Waals surface area contributed by atoms with Crippen molar-refractivity contribution in [3.05, 3.63) is 101 Å². The van der Waals surface area contributed by atoms with Crippen molar-refractivity contribution in [3.63, 3.8) is 0 Å². The molecule has 1 aromatic heterocycles. The fourth-order valence-electron chi connectivity index (χ4n) is 3.99. The Balaban J connectivity index is 1.84. The van der Waals surface area contributed by atoms with Crippen LogP contribution in [0.5, 0.6) is 5.75 Å². The van der Waals surface area contributed by atoms with Gasteiger partial charge < -0.3 is 14.7 Å². The van der Waals surface area contributed by atoms with E-state index in [9.17, 15) is 19.1 Å². The second-order valence-electron chi connectivity index (χ2n) is 7.75. The zero-order valence-corrected chi connectivity index (χ0v) is 18.3. The van der Waals surface area contributed by atoms with Gasteiger partial charge in [-0.05, 0) is 66.9 Å². The Morgan fingerprint density at radius 1 is 1.15 bits per heavy atom. The van der Waals surface area contributed by atoms with Crippen LogP contribution < -0.4 is 4.74 Å². The summed E-state index contributed by atoms with van der Waals surface area (Å²) in [6, 6.07) is 13.3. The Morgan fingerprint density at radius 2 is 1.91 bits per heavy atom. The maximum absolute atomic E-state index is 13.6. The Bertz CT molecular complexity index is 1220. The van der Waals surface area contributed by atoms with Crippen LogP contribution in [0.25, 0.3) is 5.76 Å². The molecule has 168 valence electrons. The molecule has 0 radical (unpaired) electrons. The molecule has 1 N–H and O–H groups in total. The fraction of sp³-hybridized carbons (Fsp3) is 0.192. The Labute approximate surface area is 191 Å².